The van der Waals surface area contributed by atoms with Crippen LogP contribution < -0.4 is 5.32 Å². The van der Waals surface area contributed by atoms with Crippen molar-refractivity contribution < 1.29 is 0 Å². The number of allylic oxidation sites excluding steroid dienone is 1. The van der Waals surface area contributed by atoms with Gasteiger partial charge in [-0.25, -0.2) is 0 Å². The van der Waals surface area contributed by atoms with E-state index >= 15 is 0 Å². The molecule has 70 valence electrons. The number of nitrogens with one attached hydrogen (secondary N) is 1. The molecule has 1 aliphatic rings. The third-order valence-corrected chi connectivity index (χ3v) is 2.80. The molecule has 1 fully saturated rings. The van der Waals surface area contributed by atoms with Crippen molar-refractivity contribution in [3.8, 4) is 0 Å². The summed E-state index contributed by atoms with van der Waals surface area (Å²) < 4.78 is 0. The molecule has 0 bridgehead atoms. The van der Waals surface area contributed by atoms with Gasteiger partial charge in [0.1, 0.15) is 0 Å². The summed E-state index contributed by atoms with van der Waals surface area (Å²) in [5.74, 6) is 0.704. The molecule has 0 saturated carbocycles. The van der Waals surface area contributed by atoms with E-state index in [9.17, 15) is 0 Å². The highest BCUT2D eigenvalue weighted by molar-refractivity contribution is 5.14. The third-order valence-electron chi connectivity index (χ3n) is 2.80. The maximum Gasteiger partial charge on any atom is 0.0390 e. The Morgan fingerprint density at radius 1 is 1.42 bits per heavy atom. The van der Waals surface area contributed by atoms with Gasteiger partial charge in [-0.3, -0.25) is 0 Å². The minimum absolute atomic E-state index is 0.304. The topological polar surface area (TPSA) is 12.0 Å². The Labute approximate surface area is 76.2 Å². The number of hydrogen-bond acceptors (Lipinski definition) is 1. The Kier molecular flexibility index (Phi) is 2.94. The zero-order chi connectivity index (χ0) is 9.19. The summed E-state index contributed by atoms with van der Waals surface area (Å²) >= 11 is 0. The van der Waals surface area contributed by atoms with Gasteiger partial charge in [-0.15, -0.1) is 0 Å². The van der Waals surface area contributed by atoms with Crippen molar-refractivity contribution in [1.82, 2.24) is 5.32 Å². The van der Waals surface area contributed by atoms with Gasteiger partial charge >= 0.3 is 0 Å². The van der Waals surface area contributed by atoms with Crippen molar-refractivity contribution in [2.45, 2.75) is 46.1 Å². The smallest absolute Gasteiger partial charge is 0.0390 e. The second-order valence-corrected chi connectivity index (χ2v) is 4.45. The van der Waals surface area contributed by atoms with Crippen LogP contribution in [0.4, 0.5) is 0 Å². The van der Waals surface area contributed by atoms with E-state index in [2.05, 4.69) is 39.1 Å². The first-order valence-corrected chi connectivity index (χ1v) is 4.98. The first kappa shape index (κ1) is 9.79. The van der Waals surface area contributed by atoms with Crippen LogP contribution in [0, 0.1) is 5.92 Å². The second-order valence-electron chi connectivity index (χ2n) is 4.45. The molecule has 12 heavy (non-hydrogen) atoms. The van der Waals surface area contributed by atoms with Crippen molar-refractivity contribution in [3.63, 3.8) is 0 Å². The molecule has 1 unspecified atom stereocenters. The molecule has 0 aromatic carbocycles. The molecular formula is C11H21N. The van der Waals surface area contributed by atoms with E-state index in [4.69, 9.17) is 0 Å². The first-order valence-electron chi connectivity index (χ1n) is 4.98. The quantitative estimate of drug-likeness (QED) is 0.624. The first-order chi connectivity index (χ1) is 5.57. The van der Waals surface area contributed by atoms with Crippen LogP contribution in [0.3, 0.4) is 0 Å². The molecule has 1 atom stereocenters. The average molecular weight is 167 g/mol. The maximum absolute atomic E-state index is 3.62. The maximum atomic E-state index is 3.62. The zero-order valence-corrected chi connectivity index (χ0v) is 8.78. The fourth-order valence-corrected chi connectivity index (χ4v) is 2.09. The van der Waals surface area contributed by atoms with E-state index in [0.717, 1.165) is 0 Å². The SMILES string of the molecule is CC(C)=CC1(C(C)C)CCCN1. The summed E-state index contributed by atoms with van der Waals surface area (Å²) in [6.45, 7) is 10.2. The third kappa shape index (κ3) is 1.89. The predicted octanol–water partition coefficient (Wildman–Crippen LogP) is 2.73. The van der Waals surface area contributed by atoms with Crippen LogP contribution in [0.25, 0.3) is 0 Å². The Morgan fingerprint density at radius 3 is 2.42 bits per heavy atom. The molecule has 0 amide bonds. The summed E-state index contributed by atoms with van der Waals surface area (Å²) in [5.41, 5.74) is 1.73. The van der Waals surface area contributed by atoms with E-state index < -0.39 is 0 Å². The molecule has 0 aliphatic carbocycles. The summed E-state index contributed by atoms with van der Waals surface area (Å²) in [5, 5.41) is 3.62. The van der Waals surface area contributed by atoms with Crippen LogP contribution in [0.1, 0.15) is 40.5 Å². The molecule has 0 aromatic rings. The lowest BCUT2D eigenvalue weighted by atomic mass is 9.83. The van der Waals surface area contributed by atoms with E-state index in [-0.39, 0.29) is 0 Å². The van der Waals surface area contributed by atoms with Crippen LogP contribution in [0.15, 0.2) is 11.6 Å². The molecule has 0 aromatic heterocycles. The molecule has 1 heteroatoms. The lowest BCUT2D eigenvalue weighted by molar-refractivity contribution is 0.343. The van der Waals surface area contributed by atoms with Crippen LogP contribution in [0.2, 0.25) is 0 Å². The highest BCUT2D eigenvalue weighted by atomic mass is 15.0. The molecule has 1 saturated heterocycles. The largest absolute Gasteiger partial charge is 0.308 e. The van der Waals surface area contributed by atoms with Crippen molar-refractivity contribution in [2.75, 3.05) is 6.54 Å². The fraction of sp³-hybridized carbons (Fsp3) is 0.818. The standard InChI is InChI=1S/C11H21N/c1-9(2)8-11(10(3)4)6-5-7-12-11/h8,10,12H,5-7H2,1-4H3. The van der Waals surface area contributed by atoms with Gasteiger partial charge < -0.3 is 5.32 Å². The molecule has 1 N–H and O–H groups in total. The highest BCUT2D eigenvalue weighted by Crippen LogP contribution is 2.29. The minimum Gasteiger partial charge on any atom is -0.308 e. The normalized spacial score (nSPS) is 29.4. The monoisotopic (exact) mass is 167 g/mol. The summed E-state index contributed by atoms with van der Waals surface area (Å²) in [6, 6.07) is 0. The Hall–Kier alpha value is -0.300. The average Bonchev–Trinajstić information content (AvgIpc) is 2.35. The van der Waals surface area contributed by atoms with Gasteiger partial charge in [0.2, 0.25) is 0 Å². The molecule has 1 heterocycles. The lowest BCUT2D eigenvalue weighted by Crippen LogP contribution is -2.42. The van der Waals surface area contributed by atoms with Gasteiger partial charge in [-0.1, -0.05) is 25.5 Å². The Balaban J connectivity index is 2.79. The van der Waals surface area contributed by atoms with E-state index in [1.54, 1.807) is 0 Å². The second kappa shape index (κ2) is 3.61. The van der Waals surface area contributed by atoms with Crippen molar-refractivity contribution in [1.29, 1.82) is 0 Å². The molecule has 0 radical (unpaired) electrons. The Morgan fingerprint density at radius 2 is 2.08 bits per heavy atom. The highest BCUT2D eigenvalue weighted by Gasteiger charge is 2.33. The lowest BCUT2D eigenvalue weighted by Gasteiger charge is -2.31. The summed E-state index contributed by atoms with van der Waals surface area (Å²) in [4.78, 5) is 0. The van der Waals surface area contributed by atoms with Gasteiger partial charge in [-0.05, 0) is 39.2 Å². The molecular weight excluding hydrogens is 146 g/mol. The summed E-state index contributed by atoms with van der Waals surface area (Å²) in [6.07, 6.45) is 5.03. The van der Waals surface area contributed by atoms with Gasteiger partial charge in [0.15, 0.2) is 0 Å². The van der Waals surface area contributed by atoms with Crippen LogP contribution in [-0.2, 0) is 0 Å². The Bertz CT molecular complexity index is 169. The van der Waals surface area contributed by atoms with E-state index in [0.29, 0.717) is 11.5 Å². The van der Waals surface area contributed by atoms with Gasteiger partial charge in [0.05, 0.1) is 0 Å². The van der Waals surface area contributed by atoms with Crippen molar-refractivity contribution in [2.24, 2.45) is 5.92 Å². The molecule has 1 aliphatic heterocycles. The summed E-state index contributed by atoms with van der Waals surface area (Å²) in [7, 11) is 0. The predicted molar refractivity (Wildman–Crippen MR) is 54.2 cm³/mol. The van der Waals surface area contributed by atoms with Crippen molar-refractivity contribution >= 4 is 0 Å². The minimum atomic E-state index is 0.304. The fourth-order valence-electron chi connectivity index (χ4n) is 2.09. The number of hydrogen-bond donors (Lipinski definition) is 1. The van der Waals surface area contributed by atoms with E-state index in [1.807, 2.05) is 0 Å². The molecule has 1 rings (SSSR count). The number of rotatable bonds is 2. The zero-order valence-electron chi connectivity index (χ0n) is 8.78. The van der Waals surface area contributed by atoms with Crippen LogP contribution >= 0.6 is 0 Å². The van der Waals surface area contributed by atoms with Gasteiger partial charge in [0, 0.05) is 5.54 Å². The molecule has 1 nitrogen and oxygen atoms in total. The van der Waals surface area contributed by atoms with Crippen LogP contribution in [-0.4, -0.2) is 12.1 Å². The van der Waals surface area contributed by atoms with Crippen LogP contribution in [0.5, 0.6) is 0 Å². The van der Waals surface area contributed by atoms with Gasteiger partial charge in [0.25, 0.3) is 0 Å². The van der Waals surface area contributed by atoms with Gasteiger partial charge in [-0.2, -0.15) is 0 Å². The van der Waals surface area contributed by atoms with Crippen molar-refractivity contribution in [3.05, 3.63) is 11.6 Å². The van der Waals surface area contributed by atoms with E-state index in [1.165, 1.54) is 25.0 Å². The molecule has 0 spiro atoms.